The first-order chi connectivity index (χ1) is 20.9. The van der Waals surface area contributed by atoms with Crippen molar-refractivity contribution < 1.29 is 0 Å². The maximum Gasteiger partial charge on any atom is 0.0465 e. The van der Waals surface area contributed by atoms with E-state index in [2.05, 4.69) is 183 Å². The van der Waals surface area contributed by atoms with Crippen molar-refractivity contribution >= 4 is 28.4 Å². The summed E-state index contributed by atoms with van der Waals surface area (Å²) < 4.78 is 0. The fourth-order valence-corrected chi connectivity index (χ4v) is 6.67. The average molecular weight is 559 g/mol. The van der Waals surface area contributed by atoms with Crippen LogP contribution in [0, 0.1) is 11.8 Å². The lowest BCUT2D eigenvalue weighted by Gasteiger charge is -2.31. The second-order valence-electron chi connectivity index (χ2n) is 12.4. The standard InChI is InChI=1S/C41H38N2/c1-29-20-21-34(26-30(29)2)43(33-18-12-7-13-19-33)36-23-25-38-37-24-22-35(27-39(37)41(3,4)40(38)28-36)42(31-14-8-5-9-15-31)32-16-10-6-11-17-32/h5-30H,1-4H3. The van der Waals surface area contributed by atoms with Gasteiger partial charge in [-0.05, 0) is 101 Å². The minimum Gasteiger partial charge on any atom is -0.311 e. The number of anilines is 5. The first-order valence-electron chi connectivity index (χ1n) is 15.4. The predicted octanol–water partition coefficient (Wildman–Crippen LogP) is 11.3. The van der Waals surface area contributed by atoms with Crippen molar-refractivity contribution in [2.75, 3.05) is 9.80 Å². The van der Waals surface area contributed by atoms with Crippen LogP contribution in [-0.4, -0.2) is 0 Å². The van der Waals surface area contributed by atoms with Gasteiger partial charge in [-0.15, -0.1) is 0 Å². The summed E-state index contributed by atoms with van der Waals surface area (Å²) >= 11 is 0. The molecule has 7 rings (SSSR count). The van der Waals surface area contributed by atoms with Crippen molar-refractivity contribution in [3.05, 3.63) is 162 Å². The normalized spacial score (nSPS) is 18.0. The molecule has 43 heavy (non-hydrogen) atoms. The largest absolute Gasteiger partial charge is 0.311 e. The van der Waals surface area contributed by atoms with Crippen LogP contribution < -0.4 is 9.80 Å². The molecule has 0 heterocycles. The quantitative estimate of drug-likeness (QED) is 0.204. The monoisotopic (exact) mass is 558 g/mol. The molecule has 0 N–H and O–H groups in total. The van der Waals surface area contributed by atoms with E-state index in [1.54, 1.807) is 0 Å². The second kappa shape index (κ2) is 10.8. The fourth-order valence-electron chi connectivity index (χ4n) is 6.67. The van der Waals surface area contributed by atoms with E-state index in [0.29, 0.717) is 11.8 Å². The van der Waals surface area contributed by atoms with Crippen LogP contribution in [0.2, 0.25) is 0 Å². The smallest absolute Gasteiger partial charge is 0.0465 e. The minimum absolute atomic E-state index is 0.156. The first-order valence-corrected chi connectivity index (χ1v) is 15.4. The van der Waals surface area contributed by atoms with Crippen molar-refractivity contribution in [2.24, 2.45) is 11.8 Å². The lowest BCUT2D eigenvalue weighted by Crippen LogP contribution is -2.21. The number of hydrogen-bond acceptors (Lipinski definition) is 2. The third-order valence-corrected chi connectivity index (χ3v) is 9.29. The third-order valence-electron chi connectivity index (χ3n) is 9.29. The van der Waals surface area contributed by atoms with Gasteiger partial charge in [0, 0.05) is 39.5 Å². The maximum atomic E-state index is 2.42. The Morgan fingerprint density at radius 3 is 1.40 bits per heavy atom. The van der Waals surface area contributed by atoms with E-state index in [9.17, 15) is 0 Å². The molecule has 2 aliphatic rings. The Bertz CT molecular complexity index is 1780. The number of nitrogens with zero attached hydrogens (tertiary/aromatic N) is 2. The molecule has 2 heteroatoms. The molecule has 2 unspecified atom stereocenters. The van der Waals surface area contributed by atoms with Gasteiger partial charge < -0.3 is 9.80 Å². The highest BCUT2D eigenvalue weighted by atomic mass is 15.2. The second-order valence-corrected chi connectivity index (χ2v) is 12.4. The Kier molecular flexibility index (Phi) is 6.78. The number of hydrogen-bond donors (Lipinski definition) is 0. The average Bonchev–Trinajstić information content (AvgIpc) is 3.26. The van der Waals surface area contributed by atoms with Gasteiger partial charge in [-0.1, -0.05) is 107 Å². The van der Waals surface area contributed by atoms with Gasteiger partial charge >= 0.3 is 0 Å². The Morgan fingerprint density at radius 2 is 0.930 bits per heavy atom. The molecule has 0 bridgehead atoms. The Hall–Kier alpha value is -4.82. The van der Waals surface area contributed by atoms with Gasteiger partial charge in [-0.2, -0.15) is 0 Å². The molecular formula is C41H38N2. The summed E-state index contributed by atoms with van der Waals surface area (Å²) in [6.45, 7) is 9.35. The number of fused-ring (bicyclic) bond motifs is 3. The van der Waals surface area contributed by atoms with Crippen LogP contribution in [0.5, 0.6) is 0 Å². The van der Waals surface area contributed by atoms with Crippen molar-refractivity contribution in [3.8, 4) is 11.1 Å². The number of benzene rings is 5. The van der Waals surface area contributed by atoms with Gasteiger partial charge in [0.2, 0.25) is 0 Å². The summed E-state index contributed by atoms with van der Waals surface area (Å²) in [4.78, 5) is 4.77. The SMILES string of the molecule is CC1C=CC(N(c2ccccc2)c2ccc3c(c2)C(C)(C)c2cc(N(c4ccccc4)c4ccccc4)ccc2-3)=CC1C. The Balaban J connectivity index is 1.33. The first kappa shape index (κ1) is 27.0. The summed E-state index contributed by atoms with van der Waals surface area (Å²) in [7, 11) is 0. The van der Waals surface area contributed by atoms with Crippen molar-refractivity contribution in [2.45, 2.75) is 33.1 Å². The van der Waals surface area contributed by atoms with Crippen LogP contribution in [0.3, 0.4) is 0 Å². The van der Waals surface area contributed by atoms with Crippen molar-refractivity contribution in [3.63, 3.8) is 0 Å². The molecule has 212 valence electrons. The van der Waals surface area contributed by atoms with Gasteiger partial charge in [-0.3, -0.25) is 0 Å². The van der Waals surface area contributed by atoms with Gasteiger partial charge in [-0.25, -0.2) is 0 Å². The topological polar surface area (TPSA) is 6.48 Å². The molecule has 2 nitrogen and oxygen atoms in total. The molecule has 0 fully saturated rings. The van der Waals surface area contributed by atoms with E-state index >= 15 is 0 Å². The zero-order valence-corrected chi connectivity index (χ0v) is 25.4. The van der Waals surface area contributed by atoms with Gasteiger partial charge in [0.25, 0.3) is 0 Å². The van der Waals surface area contributed by atoms with E-state index in [4.69, 9.17) is 0 Å². The molecule has 0 spiro atoms. The number of para-hydroxylation sites is 3. The Labute approximate surface area is 256 Å². The fraction of sp³-hybridized carbons (Fsp3) is 0.171. The third kappa shape index (κ3) is 4.77. The zero-order chi connectivity index (χ0) is 29.6. The molecule has 5 aromatic carbocycles. The molecule has 0 saturated heterocycles. The summed E-state index contributed by atoms with van der Waals surface area (Å²) in [5, 5.41) is 0. The zero-order valence-electron chi connectivity index (χ0n) is 25.4. The molecule has 5 aromatic rings. The van der Waals surface area contributed by atoms with Crippen LogP contribution in [0.25, 0.3) is 11.1 Å². The highest BCUT2D eigenvalue weighted by Crippen LogP contribution is 2.52. The van der Waals surface area contributed by atoms with E-state index in [1.165, 1.54) is 45.0 Å². The van der Waals surface area contributed by atoms with Gasteiger partial charge in [0.15, 0.2) is 0 Å². The molecule has 0 saturated carbocycles. The van der Waals surface area contributed by atoms with Crippen LogP contribution in [0.1, 0.15) is 38.8 Å². The molecule has 2 aliphatic carbocycles. The van der Waals surface area contributed by atoms with Crippen molar-refractivity contribution in [1.82, 2.24) is 0 Å². The molecular weight excluding hydrogens is 520 g/mol. The molecule has 0 amide bonds. The van der Waals surface area contributed by atoms with Crippen LogP contribution in [0.4, 0.5) is 28.4 Å². The van der Waals surface area contributed by atoms with Gasteiger partial charge in [0.1, 0.15) is 0 Å². The number of allylic oxidation sites excluding steroid dienone is 3. The van der Waals surface area contributed by atoms with Crippen LogP contribution in [-0.2, 0) is 5.41 Å². The van der Waals surface area contributed by atoms with E-state index in [-0.39, 0.29) is 5.41 Å². The molecule has 2 atom stereocenters. The lowest BCUT2D eigenvalue weighted by molar-refractivity contribution is 0.547. The predicted molar refractivity (Wildman–Crippen MR) is 183 cm³/mol. The van der Waals surface area contributed by atoms with Gasteiger partial charge in [0.05, 0.1) is 0 Å². The van der Waals surface area contributed by atoms with E-state index in [0.717, 1.165) is 11.4 Å². The summed E-state index contributed by atoms with van der Waals surface area (Å²) in [5.74, 6) is 1.02. The van der Waals surface area contributed by atoms with E-state index < -0.39 is 0 Å². The van der Waals surface area contributed by atoms with E-state index in [1.807, 2.05) is 0 Å². The van der Waals surface area contributed by atoms with Crippen LogP contribution in [0.15, 0.2) is 151 Å². The minimum atomic E-state index is -0.156. The Morgan fingerprint density at radius 1 is 0.488 bits per heavy atom. The van der Waals surface area contributed by atoms with Crippen molar-refractivity contribution in [1.29, 1.82) is 0 Å². The highest BCUT2D eigenvalue weighted by molar-refractivity contribution is 5.87. The summed E-state index contributed by atoms with van der Waals surface area (Å²) in [5.41, 5.74) is 12.3. The number of rotatable bonds is 6. The summed E-state index contributed by atoms with van der Waals surface area (Å²) in [6, 6.07) is 46.1. The maximum absolute atomic E-state index is 2.42. The van der Waals surface area contributed by atoms with Crippen LogP contribution >= 0.6 is 0 Å². The molecule has 0 radical (unpaired) electrons. The lowest BCUT2D eigenvalue weighted by atomic mass is 9.82. The molecule has 0 aromatic heterocycles. The molecule has 0 aliphatic heterocycles. The summed E-state index contributed by atoms with van der Waals surface area (Å²) in [6.07, 6.45) is 7.05. The highest BCUT2D eigenvalue weighted by Gasteiger charge is 2.37.